The first-order valence-electron chi connectivity index (χ1n) is 12.3. The molecule has 3 heterocycles. The average Bonchev–Trinajstić information content (AvgIpc) is 3.36. The predicted molar refractivity (Wildman–Crippen MR) is 150 cm³/mol. The third-order valence-corrected chi connectivity index (χ3v) is 6.37. The number of hydrogen-bond donors (Lipinski definition) is 1. The Morgan fingerprint density at radius 1 is 0.667 bits per heavy atom. The minimum atomic E-state index is -0.597. The lowest BCUT2D eigenvalue weighted by Gasteiger charge is -2.16. The highest BCUT2D eigenvalue weighted by Crippen LogP contribution is 2.42. The molecule has 0 aliphatic rings. The summed E-state index contributed by atoms with van der Waals surface area (Å²) >= 11 is 0. The third-order valence-electron chi connectivity index (χ3n) is 6.37. The first kappa shape index (κ1) is 24.1. The molecule has 0 radical (unpaired) electrons. The zero-order chi connectivity index (χ0) is 26.8. The molecule has 0 atom stereocenters. The van der Waals surface area contributed by atoms with E-state index in [1.54, 1.807) is 30.9 Å². The monoisotopic (exact) mass is 517 g/mol. The van der Waals surface area contributed by atoms with E-state index in [1.165, 1.54) is 6.07 Å². The molecule has 0 fully saturated rings. The van der Waals surface area contributed by atoms with Crippen molar-refractivity contribution in [1.82, 2.24) is 19.6 Å². The van der Waals surface area contributed by atoms with Crippen LogP contribution in [0.3, 0.4) is 0 Å². The van der Waals surface area contributed by atoms with Crippen LogP contribution in [0.1, 0.15) is 0 Å². The molecule has 3 aromatic heterocycles. The summed E-state index contributed by atoms with van der Waals surface area (Å²) in [4.78, 5) is 9.06. The van der Waals surface area contributed by atoms with Crippen LogP contribution in [-0.2, 0) is 0 Å². The van der Waals surface area contributed by atoms with Crippen molar-refractivity contribution in [2.24, 2.45) is 0 Å². The summed E-state index contributed by atoms with van der Waals surface area (Å²) in [6.45, 7) is 0. The summed E-state index contributed by atoms with van der Waals surface area (Å²) in [6.07, 6.45) is 0. The number of pyridine rings is 1. The highest BCUT2D eigenvalue weighted by atomic mass is 19.1. The Balaban J connectivity index is 1.69. The number of fused-ring (bicyclic) bond motifs is 1. The van der Waals surface area contributed by atoms with Crippen LogP contribution < -0.4 is 14.8 Å². The Morgan fingerprint density at radius 3 is 1.97 bits per heavy atom. The number of anilines is 2. The molecule has 3 aromatic carbocycles. The Hall–Kier alpha value is -5.24. The van der Waals surface area contributed by atoms with Crippen LogP contribution in [0.5, 0.6) is 11.6 Å². The predicted octanol–water partition coefficient (Wildman–Crippen LogP) is 7.03. The molecular weight excluding hydrogens is 493 g/mol. The van der Waals surface area contributed by atoms with Gasteiger partial charge in [-0.2, -0.15) is 14.0 Å². The zero-order valence-corrected chi connectivity index (χ0v) is 21.3. The van der Waals surface area contributed by atoms with Gasteiger partial charge in [0.05, 0.1) is 25.3 Å². The van der Waals surface area contributed by atoms with E-state index in [0.717, 1.165) is 27.9 Å². The highest BCUT2D eigenvalue weighted by Gasteiger charge is 2.25. The molecule has 6 rings (SSSR count). The van der Waals surface area contributed by atoms with Crippen molar-refractivity contribution >= 4 is 17.3 Å². The van der Waals surface area contributed by atoms with Crippen LogP contribution in [-0.4, -0.2) is 33.8 Å². The molecule has 8 heteroatoms. The Labute approximate surface area is 224 Å². The van der Waals surface area contributed by atoms with Crippen molar-refractivity contribution < 1.29 is 13.9 Å². The summed E-state index contributed by atoms with van der Waals surface area (Å²) in [6, 6.07) is 32.0. The van der Waals surface area contributed by atoms with Gasteiger partial charge in [-0.25, -0.2) is 9.97 Å². The van der Waals surface area contributed by atoms with Gasteiger partial charge in [0.15, 0.2) is 5.65 Å². The number of ether oxygens (including phenoxy) is 2. The van der Waals surface area contributed by atoms with Crippen LogP contribution in [0.4, 0.5) is 16.0 Å². The number of benzene rings is 3. The molecule has 1 N–H and O–H groups in total. The average molecular weight is 518 g/mol. The van der Waals surface area contributed by atoms with Crippen LogP contribution in [0.2, 0.25) is 0 Å². The van der Waals surface area contributed by atoms with E-state index < -0.39 is 5.95 Å². The van der Waals surface area contributed by atoms with Crippen molar-refractivity contribution in [2.75, 3.05) is 19.5 Å². The lowest BCUT2D eigenvalue weighted by Crippen LogP contribution is -2.06. The van der Waals surface area contributed by atoms with Crippen LogP contribution in [0, 0.1) is 5.95 Å². The second-order valence-electron chi connectivity index (χ2n) is 8.73. The van der Waals surface area contributed by atoms with Gasteiger partial charge in [0.1, 0.15) is 23.1 Å². The summed E-state index contributed by atoms with van der Waals surface area (Å²) in [5, 5.41) is 8.23. The van der Waals surface area contributed by atoms with Gasteiger partial charge < -0.3 is 14.8 Å². The number of hydrogen-bond acceptors (Lipinski definition) is 6. The number of halogens is 1. The number of nitrogens with one attached hydrogen (secondary N) is 1. The molecule has 0 aliphatic heterocycles. The Morgan fingerprint density at radius 2 is 1.33 bits per heavy atom. The maximum absolute atomic E-state index is 14.0. The largest absolute Gasteiger partial charge is 0.497 e. The first-order chi connectivity index (χ1) is 19.2. The second-order valence-corrected chi connectivity index (χ2v) is 8.73. The van der Waals surface area contributed by atoms with Gasteiger partial charge in [0.2, 0.25) is 11.8 Å². The molecule has 0 amide bonds. The third kappa shape index (κ3) is 4.53. The topological polar surface area (TPSA) is 73.6 Å². The normalized spacial score (nSPS) is 10.9. The fraction of sp³-hybridized carbons (Fsp3) is 0.0645. The minimum absolute atomic E-state index is 0.313. The lowest BCUT2D eigenvalue weighted by atomic mass is 10.0. The van der Waals surface area contributed by atoms with Gasteiger partial charge in [0.25, 0.3) is 0 Å². The zero-order valence-electron chi connectivity index (χ0n) is 21.3. The summed E-state index contributed by atoms with van der Waals surface area (Å²) in [5.74, 6) is 1.33. The summed E-state index contributed by atoms with van der Waals surface area (Å²) in [5.41, 5.74) is 5.52. The van der Waals surface area contributed by atoms with Gasteiger partial charge in [-0.15, -0.1) is 0 Å². The molecule has 39 heavy (non-hydrogen) atoms. The molecule has 0 unspecified atom stereocenters. The van der Waals surface area contributed by atoms with Gasteiger partial charge in [0, 0.05) is 5.56 Å². The highest BCUT2D eigenvalue weighted by molar-refractivity contribution is 5.93. The maximum Gasteiger partial charge on any atom is 0.228 e. The molecule has 0 bridgehead atoms. The van der Waals surface area contributed by atoms with E-state index in [9.17, 15) is 4.39 Å². The molecule has 7 nitrogen and oxygen atoms in total. The molecular formula is C31H24FN5O2. The van der Waals surface area contributed by atoms with Crippen molar-refractivity contribution in [3.63, 3.8) is 0 Å². The summed E-state index contributed by atoms with van der Waals surface area (Å²) < 4.78 is 27.1. The molecule has 6 aromatic rings. The number of nitrogens with zero attached hydrogens (tertiary/aromatic N) is 4. The second kappa shape index (κ2) is 10.3. The Bertz CT molecular complexity index is 1750. The fourth-order valence-electron chi connectivity index (χ4n) is 4.59. The van der Waals surface area contributed by atoms with E-state index >= 15 is 0 Å². The molecule has 0 saturated carbocycles. The molecule has 0 aliphatic carbocycles. The maximum atomic E-state index is 14.0. The van der Waals surface area contributed by atoms with Gasteiger partial charge >= 0.3 is 0 Å². The smallest absolute Gasteiger partial charge is 0.228 e. The van der Waals surface area contributed by atoms with E-state index in [4.69, 9.17) is 19.6 Å². The lowest BCUT2D eigenvalue weighted by molar-refractivity contribution is 0.387. The van der Waals surface area contributed by atoms with E-state index in [1.807, 2.05) is 84.9 Å². The van der Waals surface area contributed by atoms with E-state index in [-0.39, 0.29) is 0 Å². The first-order valence-corrected chi connectivity index (χ1v) is 12.3. The van der Waals surface area contributed by atoms with Crippen molar-refractivity contribution in [3.05, 3.63) is 109 Å². The number of rotatable bonds is 7. The molecule has 0 saturated heterocycles. The number of methoxy groups -OCH3 is 2. The van der Waals surface area contributed by atoms with Crippen LogP contribution >= 0.6 is 0 Å². The summed E-state index contributed by atoms with van der Waals surface area (Å²) in [7, 11) is 3.21. The quantitative estimate of drug-likeness (QED) is 0.229. The Kier molecular flexibility index (Phi) is 6.34. The van der Waals surface area contributed by atoms with E-state index in [2.05, 4.69) is 10.3 Å². The van der Waals surface area contributed by atoms with Gasteiger partial charge in [-0.05, 0) is 35.4 Å². The fourth-order valence-corrected chi connectivity index (χ4v) is 4.59. The minimum Gasteiger partial charge on any atom is -0.497 e. The number of aromatic nitrogens is 4. The van der Waals surface area contributed by atoms with E-state index in [0.29, 0.717) is 34.5 Å². The SMILES string of the molecule is COc1ccc(-c2c(Nc3cccc(F)n3)nc3c(-c4ccccc4)c(-c4ccccc4)nn3c2OC)cc1. The molecule has 192 valence electrons. The molecule has 0 spiro atoms. The van der Waals surface area contributed by atoms with Crippen LogP contribution in [0.25, 0.3) is 39.2 Å². The van der Waals surface area contributed by atoms with Crippen molar-refractivity contribution in [1.29, 1.82) is 0 Å². The standard InChI is InChI=1S/C31H24FN5O2/c1-38-23-18-16-21(17-19-23)27-29(34-25-15-9-14-24(32)33-25)35-30-26(20-10-5-3-6-11-20)28(22-12-7-4-8-13-22)36-37(30)31(27)39-2/h3-19H,1-2H3,(H,33,34,35). The van der Waals surface area contributed by atoms with Crippen molar-refractivity contribution in [3.8, 4) is 45.1 Å². The van der Waals surface area contributed by atoms with Crippen molar-refractivity contribution in [2.45, 2.75) is 0 Å². The van der Waals surface area contributed by atoms with Gasteiger partial charge in [-0.3, -0.25) is 0 Å². The van der Waals surface area contributed by atoms with Gasteiger partial charge in [-0.1, -0.05) is 78.9 Å². The van der Waals surface area contributed by atoms with Crippen LogP contribution in [0.15, 0.2) is 103 Å².